The molecule has 152 valence electrons. The number of aliphatic hydroxyl groups is 1. The maximum Gasteiger partial charge on any atom is 0.197 e. The van der Waals surface area contributed by atoms with E-state index in [4.69, 9.17) is 16.0 Å². The third-order valence-electron chi connectivity index (χ3n) is 5.76. The summed E-state index contributed by atoms with van der Waals surface area (Å²) in [6.45, 7) is 3.43. The van der Waals surface area contributed by atoms with Gasteiger partial charge < -0.3 is 19.7 Å². The summed E-state index contributed by atoms with van der Waals surface area (Å²) in [4.78, 5) is 15.0. The first-order chi connectivity index (χ1) is 14.0. The van der Waals surface area contributed by atoms with Gasteiger partial charge in [0.05, 0.1) is 11.6 Å². The summed E-state index contributed by atoms with van der Waals surface area (Å²) in [5, 5.41) is 31.4. The van der Waals surface area contributed by atoms with E-state index in [0.29, 0.717) is 22.6 Å². The molecule has 2 aromatic carbocycles. The molecule has 1 aliphatic rings. The Morgan fingerprint density at radius 3 is 2.66 bits per heavy atom. The molecule has 4 rings (SSSR count). The minimum absolute atomic E-state index is 0.0141. The molecule has 0 aliphatic carbocycles. The van der Waals surface area contributed by atoms with E-state index in [9.17, 15) is 20.1 Å². The smallest absolute Gasteiger partial charge is 0.197 e. The highest BCUT2D eigenvalue weighted by molar-refractivity contribution is 6.33. The summed E-state index contributed by atoms with van der Waals surface area (Å²) in [5.41, 5.74) is 0.679. The fourth-order valence-electron chi connectivity index (χ4n) is 4.36. The molecule has 0 spiro atoms. The number of phenols is 2. The van der Waals surface area contributed by atoms with E-state index in [-0.39, 0.29) is 46.8 Å². The molecule has 6 nitrogen and oxygen atoms in total. The van der Waals surface area contributed by atoms with Crippen LogP contribution in [0.4, 0.5) is 0 Å². The first-order valence-corrected chi connectivity index (χ1v) is 9.96. The maximum atomic E-state index is 12.9. The van der Waals surface area contributed by atoms with E-state index in [1.54, 1.807) is 24.3 Å². The van der Waals surface area contributed by atoms with E-state index in [1.807, 2.05) is 6.92 Å². The van der Waals surface area contributed by atoms with Gasteiger partial charge in [-0.2, -0.15) is 0 Å². The van der Waals surface area contributed by atoms with Crippen molar-refractivity contribution in [3.05, 3.63) is 57.2 Å². The van der Waals surface area contributed by atoms with Gasteiger partial charge >= 0.3 is 0 Å². The van der Waals surface area contributed by atoms with Crippen LogP contribution in [0.2, 0.25) is 5.02 Å². The Bertz CT molecular complexity index is 1130. The number of likely N-dealkylation sites (N-methyl/N-ethyl adjacent to an activating group) is 1. The van der Waals surface area contributed by atoms with Crippen LogP contribution in [0.25, 0.3) is 22.3 Å². The Morgan fingerprint density at radius 2 is 1.97 bits per heavy atom. The lowest BCUT2D eigenvalue weighted by atomic mass is 9.89. The van der Waals surface area contributed by atoms with Crippen molar-refractivity contribution in [1.29, 1.82) is 0 Å². The number of likely N-dealkylation sites (tertiary alicyclic amines) is 1. The van der Waals surface area contributed by atoms with Gasteiger partial charge in [-0.15, -0.1) is 0 Å². The van der Waals surface area contributed by atoms with Gasteiger partial charge in [0.25, 0.3) is 0 Å². The Morgan fingerprint density at radius 1 is 1.21 bits per heavy atom. The minimum atomic E-state index is -0.425. The average molecular weight is 416 g/mol. The fourth-order valence-corrected chi connectivity index (χ4v) is 4.59. The van der Waals surface area contributed by atoms with Gasteiger partial charge in [0.1, 0.15) is 28.2 Å². The van der Waals surface area contributed by atoms with Crippen molar-refractivity contribution in [3.63, 3.8) is 0 Å². The predicted octanol–water partition coefficient (Wildman–Crippen LogP) is 3.69. The third kappa shape index (κ3) is 3.27. The molecule has 7 heteroatoms. The summed E-state index contributed by atoms with van der Waals surface area (Å²) >= 11 is 6.27. The van der Waals surface area contributed by atoms with Gasteiger partial charge in [-0.05, 0) is 31.6 Å². The summed E-state index contributed by atoms with van der Waals surface area (Å²) in [5.74, 6) is -0.486. The first-order valence-electron chi connectivity index (χ1n) is 9.58. The Labute approximate surface area is 172 Å². The Balaban J connectivity index is 2.00. The highest BCUT2D eigenvalue weighted by Crippen LogP contribution is 2.44. The van der Waals surface area contributed by atoms with Crippen molar-refractivity contribution in [2.75, 3.05) is 19.7 Å². The fraction of sp³-hybridized carbons (Fsp3) is 0.318. The number of benzene rings is 2. The van der Waals surface area contributed by atoms with Gasteiger partial charge in [0.15, 0.2) is 5.43 Å². The zero-order chi connectivity index (χ0) is 20.7. The normalized spacial score (nSPS) is 19.8. The van der Waals surface area contributed by atoms with Crippen molar-refractivity contribution in [1.82, 2.24) is 4.90 Å². The van der Waals surface area contributed by atoms with Gasteiger partial charge in [0, 0.05) is 35.2 Å². The minimum Gasteiger partial charge on any atom is -0.507 e. The largest absolute Gasteiger partial charge is 0.507 e. The third-order valence-corrected chi connectivity index (χ3v) is 6.09. The molecule has 3 N–H and O–H groups in total. The molecule has 0 radical (unpaired) electrons. The number of phenolic OH excluding ortho intramolecular Hbond substituents is 2. The molecule has 3 aromatic rings. The molecule has 29 heavy (non-hydrogen) atoms. The second-order valence-electron chi connectivity index (χ2n) is 7.26. The molecule has 0 bridgehead atoms. The first kappa shape index (κ1) is 19.8. The van der Waals surface area contributed by atoms with Gasteiger partial charge in [-0.3, -0.25) is 9.69 Å². The molecule has 2 heterocycles. The summed E-state index contributed by atoms with van der Waals surface area (Å²) in [6.07, 6.45) is 0.687. The molecular weight excluding hydrogens is 394 g/mol. The van der Waals surface area contributed by atoms with Crippen molar-refractivity contribution >= 4 is 22.6 Å². The molecule has 2 atom stereocenters. The highest BCUT2D eigenvalue weighted by Gasteiger charge is 2.37. The van der Waals surface area contributed by atoms with Crippen molar-refractivity contribution in [3.8, 4) is 22.8 Å². The highest BCUT2D eigenvalue weighted by atomic mass is 35.5. The maximum absolute atomic E-state index is 12.9. The SMILES string of the molecule is CCN1CCC(c2c(O)cc(O)c3c(=O)cc(-c4ccccc4Cl)oc23)C1CO. The molecule has 1 fully saturated rings. The van der Waals surface area contributed by atoms with E-state index < -0.39 is 5.43 Å². The van der Waals surface area contributed by atoms with Gasteiger partial charge in [0.2, 0.25) is 0 Å². The number of hydrogen-bond donors (Lipinski definition) is 3. The van der Waals surface area contributed by atoms with E-state index in [0.717, 1.165) is 13.1 Å². The van der Waals surface area contributed by atoms with E-state index in [2.05, 4.69) is 4.90 Å². The number of hydrogen-bond acceptors (Lipinski definition) is 6. The molecular formula is C22H22ClNO5. The van der Waals surface area contributed by atoms with Crippen LogP contribution in [0.3, 0.4) is 0 Å². The van der Waals surface area contributed by atoms with Crippen LogP contribution in [-0.2, 0) is 0 Å². The summed E-state index contributed by atoms with van der Waals surface area (Å²) in [6, 6.07) is 9.24. The lowest BCUT2D eigenvalue weighted by Crippen LogP contribution is -2.35. The average Bonchev–Trinajstić information content (AvgIpc) is 3.10. The number of nitrogens with zero attached hydrogens (tertiary/aromatic N) is 1. The number of aromatic hydroxyl groups is 2. The quantitative estimate of drug-likeness (QED) is 0.601. The molecule has 2 unspecified atom stereocenters. The Kier molecular flexibility index (Phi) is 5.25. The molecule has 0 amide bonds. The zero-order valence-corrected chi connectivity index (χ0v) is 16.7. The van der Waals surface area contributed by atoms with Crippen molar-refractivity contribution in [2.45, 2.75) is 25.3 Å². The van der Waals surface area contributed by atoms with Crippen molar-refractivity contribution < 1.29 is 19.7 Å². The Hall–Kier alpha value is -2.54. The predicted molar refractivity (Wildman–Crippen MR) is 112 cm³/mol. The van der Waals surface area contributed by atoms with Crippen LogP contribution < -0.4 is 5.43 Å². The van der Waals surface area contributed by atoms with E-state index in [1.165, 1.54) is 12.1 Å². The monoisotopic (exact) mass is 415 g/mol. The second-order valence-corrected chi connectivity index (χ2v) is 7.67. The standard InChI is InChI=1S/C22H22ClNO5/c1-2-24-8-7-13(15(24)11-25)20-16(26)9-17(27)21-18(28)10-19(29-22(20)21)12-5-3-4-6-14(12)23/h3-6,9-10,13,15,25-27H,2,7-8,11H2,1H3. The van der Waals surface area contributed by atoms with Gasteiger partial charge in [-0.1, -0.05) is 30.7 Å². The van der Waals surface area contributed by atoms with Crippen LogP contribution in [0.1, 0.15) is 24.8 Å². The number of aliphatic hydroxyl groups excluding tert-OH is 1. The topological polar surface area (TPSA) is 94.1 Å². The lowest BCUT2D eigenvalue weighted by molar-refractivity contribution is 0.155. The van der Waals surface area contributed by atoms with Gasteiger partial charge in [-0.25, -0.2) is 0 Å². The summed E-state index contributed by atoms with van der Waals surface area (Å²) < 4.78 is 6.07. The number of rotatable bonds is 4. The zero-order valence-electron chi connectivity index (χ0n) is 15.9. The number of fused-ring (bicyclic) bond motifs is 1. The van der Waals surface area contributed by atoms with Crippen LogP contribution in [-0.4, -0.2) is 46.0 Å². The number of halogens is 1. The van der Waals surface area contributed by atoms with Crippen LogP contribution >= 0.6 is 11.6 Å². The van der Waals surface area contributed by atoms with Crippen molar-refractivity contribution in [2.24, 2.45) is 0 Å². The van der Waals surface area contributed by atoms with Crippen LogP contribution in [0.5, 0.6) is 11.5 Å². The van der Waals surface area contributed by atoms with E-state index >= 15 is 0 Å². The second kappa shape index (κ2) is 7.71. The molecule has 1 aromatic heterocycles. The summed E-state index contributed by atoms with van der Waals surface area (Å²) in [7, 11) is 0. The van der Waals surface area contributed by atoms with Crippen LogP contribution in [0, 0.1) is 0 Å². The molecule has 0 saturated carbocycles. The molecule has 1 aliphatic heterocycles. The van der Waals surface area contributed by atoms with Crippen LogP contribution in [0.15, 0.2) is 45.6 Å². The molecule has 1 saturated heterocycles. The lowest BCUT2D eigenvalue weighted by Gasteiger charge is -2.26.